The highest BCUT2D eigenvalue weighted by atomic mass is 16.3. The Labute approximate surface area is 104 Å². The number of aryl methyl sites for hydroxylation is 1. The highest BCUT2D eigenvalue weighted by Crippen LogP contribution is 2.24. The lowest BCUT2D eigenvalue weighted by molar-refractivity contribution is 0.299. The number of benzene rings is 1. The smallest absolute Gasteiger partial charge is 0.176 e. The number of fused-ring (bicyclic) bond motifs is 1. The first-order valence-corrected chi connectivity index (χ1v) is 5.89. The van der Waals surface area contributed by atoms with E-state index in [0.29, 0.717) is 6.42 Å². The fourth-order valence-corrected chi connectivity index (χ4v) is 2.15. The van der Waals surface area contributed by atoms with Crippen LogP contribution in [0, 0.1) is 0 Å². The van der Waals surface area contributed by atoms with Crippen LogP contribution >= 0.6 is 0 Å². The van der Waals surface area contributed by atoms with Gasteiger partial charge >= 0.3 is 0 Å². The summed E-state index contributed by atoms with van der Waals surface area (Å²) in [4.78, 5) is 4.56. The molecule has 0 aliphatic carbocycles. The third-order valence-electron chi connectivity index (χ3n) is 3.09. The van der Waals surface area contributed by atoms with Crippen LogP contribution in [0.25, 0.3) is 22.6 Å². The summed E-state index contributed by atoms with van der Waals surface area (Å²) in [7, 11) is 1.97. The molecule has 18 heavy (non-hydrogen) atoms. The number of nitrogens with zero attached hydrogens (tertiary/aromatic N) is 2. The van der Waals surface area contributed by atoms with Crippen molar-refractivity contribution in [2.24, 2.45) is 7.05 Å². The molecule has 0 amide bonds. The van der Waals surface area contributed by atoms with Gasteiger partial charge in [0.15, 0.2) is 11.6 Å². The number of aromatic nitrogens is 2. The van der Waals surface area contributed by atoms with Gasteiger partial charge in [-0.1, -0.05) is 6.07 Å². The first kappa shape index (κ1) is 11.0. The molecule has 2 aromatic heterocycles. The van der Waals surface area contributed by atoms with Crippen molar-refractivity contribution in [3.63, 3.8) is 0 Å². The third-order valence-corrected chi connectivity index (χ3v) is 3.09. The van der Waals surface area contributed by atoms with Crippen LogP contribution in [0.15, 0.2) is 41.0 Å². The van der Waals surface area contributed by atoms with E-state index in [4.69, 9.17) is 9.52 Å². The summed E-state index contributed by atoms with van der Waals surface area (Å²) >= 11 is 0. The standard InChI is InChI=1S/C14H14N2O2/c1-16-12-9-10(6-7-17)4-5-11(12)15-14(16)13-3-2-8-18-13/h2-5,8-9,17H,6-7H2,1H3. The van der Waals surface area contributed by atoms with Crippen molar-refractivity contribution in [1.82, 2.24) is 9.55 Å². The molecule has 0 aliphatic heterocycles. The van der Waals surface area contributed by atoms with Crippen LogP contribution in [-0.4, -0.2) is 21.3 Å². The van der Waals surface area contributed by atoms with Crippen LogP contribution in [0.1, 0.15) is 5.56 Å². The van der Waals surface area contributed by atoms with Gasteiger partial charge in [-0.05, 0) is 36.2 Å². The second-order valence-electron chi connectivity index (χ2n) is 4.27. The first-order valence-electron chi connectivity index (χ1n) is 5.89. The zero-order chi connectivity index (χ0) is 12.5. The second-order valence-corrected chi connectivity index (χ2v) is 4.27. The number of imidazole rings is 1. The molecule has 0 bridgehead atoms. The van der Waals surface area contributed by atoms with Crippen molar-refractivity contribution in [1.29, 1.82) is 0 Å². The van der Waals surface area contributed by atoms with Crippen molar-refractivity contribution in [3.8, 4) is 11.6 Å². The minimum absolute atomic E-state index is 0.161. The number of rotatable bonds is 3. The van der Waals surface area contributed by atoms with Crippen molar-refractivity contribution in [2.75, 3.05) is 6.61 Å². The molecule has 0 radical (unpaired) electrons. The molecule has 4 heteroatoms. The second kappa shape index (κ2) is 4.31. The van der Waals surface area contributed by atoms with Crippen LogP contribution in [0.4, 0.5) is 0 Å². The van der Waals surface area contributed by atoms with Gasteiger partial charge in [0.1, 0.15) is 0 Å². The number of hydrogen-bond acceptors (Lipinski definition) is 3. The summed E-state index contributed by atoms with van der Waals surface area (Å²) in [6, 6.07) is 9.79. The molecule has 0 unspecified atom stereocenters. The Hall–Kier alpha value is -2.07. The van der Waals surface area contributed by atoms with Gasteiger partial charge in [0.2, 0.25) is 0 Å². The Bertz CT molecular complexity index is 668. The van der Waals surface area contributed by atoms with E-state index in [1.165, 1.54) is 0 Å². The predicted octanol–water partition coefficient (Wildman–Crippen LogP) is 2.37. The molecule has 0 fully saturated rings. The predicted molar refractivity (Wildman–Crippen MR) is 69.2 cm³/mol. The molecule has 4 nitrogen and oxygen atoms in total. The maximum atomic E-state index is 8.98. The van der Waals surface area contributed by atoms with E-state index in [0.717, 1.165) is 28.2 Å². The molecule has 0 spiro atoms. The van der Waals surface area contributed by atoms with E-state index in [9.17, 15) is 0 Å². The van der Waals surface area contributed by atoms with Crippen LogP contribution in [-0.2, 0) is 13.5 Å². The molecule has 3 rings (SSSR count). The van der Waals surface area contributed by atoms with E-state index in [1.807, 2.05) is 35.9 Å². The average Bonchev–Trinajstić information content (AvgIpc) is 2.99. The summed E-state index contributed by atoms with van der Waals surface area (Å²) in [5.41, 5.74) is 3.09. The van der Waals surface area contributed by atoms with Gasteiger partial charge in [-0.2, -0.15) is 0 Å². The fraction of sp³-hybridized carbons (Fsp3) is 0.214. The molecule has 0 saturated heterocycles. The highest BCUT2D eigenvalue weighted by molar-refractivity contribution is 5.80. The maximum absolute atomic E-state index is 8.98. The van der Waals surface area contributed by atoms with Gasteiger partial charge in [-0.15, -0.1) is 0 Å². The summed E-state index contributed by atoms with van der Waals surface area (Å²) in [6.45, 7) is 0.161. The minimum Gasteiger partial charge on any atom is -0.461 e. The van der Waals surface area contributed by atoms with Gasteiger partial charge in [0.05, 0.1) is 17.3 Å². The van der Waals surface area contributed by atoms with Crippen LogP contribution in [0.3, 0.4) is 0 Å². The Morgan fingerprint density at radius 1 is 1.33 bits per heavy atom. The highest BCUT2D eigenvalue weighted by Gasteiger charge is 2.11. The number of furan rings is 1. The summed E-state index contributed by atoms with van der Waals surface area (Å²) < 4.78 is 7.39. The van der Waals surface area contributed by atoms with Crippen molar-refractivity contribution in [3.05, 3.63) is 42.2 Å². The maximum Gasteiger partial charge on any atom is 0.176 e. The van der Waals surface area contributed by atoms with E-state index in [2.05, 4.69) is 11.1 Å². The number of aliphatic hydroxyl groups excluding tert-OH is 1. The monoisotopic (exact) mass is 242 g/mol. The van der Waals surface area contributed by atoms with Crippen molar-refractivity contribution in [2.45, 2.75) is 6.42 Å². The van der Waals surface area contributed by atoms with Crippen molar-refractivity contribution >= 4 is 11.0 Å². The van der Waals surface area contributed by atoms with Gasteiger partial charge in [0, 0.05) is 13.7 Å². The quantitative estimate of drug-likeness (QED) is 0.767. The lowest BCUT2D eigenvalue weighted by Crippen LogP contribution is -1.93. The summed E-state index contributed by atoms with van der Waals surface area (Å²) in [5.74, 6) is 1.58. The minimum atomic E-state index is 0.161. The Balaban J connectivity index is 2.16. The van der Waals surface area contributed by atoms with Crippen LogP contribution in [0.2, 0.25) is 0 Å². The zero-order valence-electron chi connectivity index (χ0n) is 10.1. The van der Waals surface area contributed by atoms with E-state index in [-0.39, 0.29) is 6.61 Å². The molecule has 92 valence electrons. The Morgan fingerprint density at radius 3 is 2.94 bits per heavy atom. The molecule has 3 aromatic rings. The number of aliphatic hydroxyl groups is 1. The van der Waals surface area contributed by atoms with Gasteiger partial charge in [-0.3, -0.25) is 0 Å². The average molecular weight is 242 g/mol. The Kier molecular flexibility index (Phi) is 2.64. The fourth-order valence-electron chi connectivity index (χ4n) is 2.15. The molecule has 0 aliphatic rings. The molecular formula is C14H14N2O2. The summed E-state index contributed by atoms with van der Waals surface area (Å²) in [5, 5.41) is 8.98. The van der Waals surface area contributed by atoms with Crippen LogP contribution < -0.4 is 0 Å². The third kappa shape index (κ3) is 1.71. The molecule has 1 N–H and O–H groups in total. The lowest BCUT2D eigenvalue weighted by Gasteiger charge is -2.01. The van der Waals surface area contributed by atoms with Gasteiger partial charge < -0.3 is 14.1 Å². The molecule has 2 heterocycles. The van der Waals surface area contributed by atoms with E-state index in [1.54, 1.807) is 6.26 Å². The molecular weight excluding hydrogens is 228 g/mol. The van der Waals surface area contributed by atoms with E-state index < -0.39 is 0 Å². The zero-order valence-corrected chi connectivity index (χ0v) is 10.1. The molecule has 0 saturated carbocycles. The van der Waals surface area contributed by atoms with Gasteiger partial charge in [-0.25, -0.2) is 4.98 Å². The summed E-state index contributed by atoms with van der Waals surface area (Å²) in [6.07, 6.45) is 2.31. The normalized spacial score (nSPS) is 11.2. The van der Waals surface area contributed by atoms with E-state index >= 15 is 0 Å². The number of hydrogen-bond donors (Lipinski definition) is 1. The molecule has 1 aromatic carbocycles. The molecule has 0 atom stereocenters. The largest absolute Gasteiger partial charge is 0.461 e. The van der Waals surface area contributed by atoms with Gasteiger partial charge in [0.25, 0.3) is 0 Å². The Morgan fingerprint density at radius 2 is 2.22 bits per heavy atom. The first-order chi connectivity index (χ1) is 8.79. The topological polar surface area (TPSA) is 51.2 Å². The SMILES string of the molecule is Cn1c(-c2ccco2)nc2ccc(CCO)cc21. The van der Waals surface area contributed by atoms with Crippen molar-refractivity contribution < 1.29 is 9.52 Å². The van der Waals surface area contributed by atoms with Crippen LogP contribution in [0.5, 0.6) is 0 Å². The lowest BCUT2D eigenvalue weighted by atomic mass is 10.1.